The number of carbonyl (C=O) groups is 1. The van der Waals surface area contributed by atoms with Crippen molar-refractivity contribution in [2.75, 3.05) is 20.3 Å². The minimum atomic E-state index is -0.464. The molecule has 0 aromatic carbocycles. The van der Waals surface area contributed by atoms with Crippen LogP contribution in [0.1, 0.15) is 32.0 Å². The molecule has 0 aliphatic carbocycles. The Bertz CT molecular complexity index is 466. The molecule has 0 amide bonds. The van der Waals surface area contributed by atoms with Crippen molar-refractivity contribution < 1.29 is 19.0 Å². The minimum absolute atomic E-state index is 0.223. The lowest BCUT2D eigenvalue weighted by Gasteiger charge is -2.39. The fourth-order valence-electron chi connectivity index (χ4n) is 2.00. The van der Waals surface area contributed by atoms with E-state index in [0.717, 1.165) is 11.3 Å². The Morgan fingerprint density at radius 3 is 2.50 bits per heavy atom. The first kappa shape index (κ1) is 14.9. The Hall–Kier alpha value is -1.46. The summed E-state index contributed by atoms with van der Waals surface area (Å²) >= 11 is 0. The molecule has 0 saturated carbocycles. The van der Waals surface area contributed by atoms with Crippen LogP contribution in [-0.2, 0) is 31.0 Å². The third kappa shape index (κ3) is 3.35. The predicted molar refractivity (Wildman–Crippen MR) is 73.3 cm³/mol. The Labute approximate surface area is 119 Å². The molecule has 0 bridgehead atoms. The van der Waals surface area contributed by atoms with Gasteiger partial charge in [0.1, 0.15) is 5.60 Å². The zero-order valence-corrected chi connectivity index (χ0v) is 12.4. The minimum Gasteiger partial charge on any atom is -0.460 e. The summed E-state index contributed by atoms with van der Waals surface area (Å²) in [4.78, 5) is 16.1. The molecule has 0 N–H and O–H groups in total. The Kier molecular flexibility index (Phi) is 4.11. The summed E-state index contributed by atoms with van der Waals surface area (Å²) < 4.78 is 15.9. The molecule has 1 aliphatic rings. The van der Waals surface area contributed by atoms with Crippen LogP contribution in [0.5, 0.6) is 0 Å². The molecule has 2 heterocycles. The van der Waals surface area contributed by atoms with Gasteiger partial charge in [0, 0.05) is 13.3 Å². The Morgan fingerprint density at radius 2 is 2.10 bits per heavy atom. The summed E-state index contributed by atoms with van der Waals surface area (Å²) in [5.74, 6) is -0.250. The second kappa shape index (κ2) is 5.50. The van der Waals surface area contributed by atoms with Crippen molar-refractivity contribution >= 4 is 5.97 Å². The zero-order chi connectivity index (χ0) is 14.8. The molecule has 1 fully saturated rings. The number of esters is 1. The highest BCUT2D eigenvalue weighted by Crippen LogP contribution is 2.31. The summed E-state index contributed by atoms with van der Waals surface area (Å²) in [5.41, 5.74) is 0.770. The molecule has 5 heteroatoms. The number of aromatic nitrogens is 1. The van der Waals surface area contributed by atoms with E-state index in [-0.39, 0.29) is 12.4 Å². The third-order valence-electron chi connectivity index (χ3n) is 3.12. The molecule has 110 valence electrons. The van der Waals surface area contributed by atoms with Crippen LogP contribution in [0.3, 0.4) is 0 Å². The highest BCUT2D eigenvalue weighted by atomic mass is 16.6. The van der Waals surface area contributed by atoms with Crippen LogP contribution in [-0.4, -0.2) is 36.9 Å². The van der Waals surface area contributed by atoms with Gasteiger partial charge in [0.15, 0.2) is 5.60 Å². The zero-order valence-electron chi connectivity index (χ0n) is 12.4. The largest absolute Gasteiger partial charge is 0.460 e. The quantitative estimate of drug-likeness (QED) is 0.787. The maximum absolute atomic E-state index is 11.7. The van der Waals surface area contributed by atoms with Gasteiger partial charge in [-0.25, -0.2) is 0 Å². The Morgan fingerprint density at radius 1 is 1.40 bits per heavy atom. The van der Waals surface area contributed by atoms with Crippen LogP contribution in [0.2, 0.25) is 0 Å². The van der Waals surface area contributed by atoms with Gasteiger partial charge < -0.3 is 14.2 Å². The number of methoxy groups -OCH3 is 1. The standard InChI is InChI=1S/C15H21NO4/c1-14(2,3)20-13(17)7-11-5-6-12(16-8-11)15(18-4)9-19-10-15/h5-6,8H,7,9-10H2,1-4H3. The van der Waals surface area contributed by atoms with Crippen LogP contribution in [0.15, 0.2) is 18.3 Å². The van der Waals surface area contributed by atoms with Crippen molar-refractivity contribution in [3.63, 3.8) is 0 Å². The number of ether oxygens (including phenoxy) is 3. The lowest BCUT2D eigenvalue weighted by molar-refractivity contribution is -0.204. The topological polar surface area (TPSA) is 57.7 Å². The van der Waals surface area contributed by atoms with Gasteiger partial charge in [0.25, 0.3) is 0 Å². The monoisotopic (exact) mass is 279 g/mol. The SMILES string of the molecule is COC1(c2ccc(CC(=O)OC(C)(C)C)cn2)COC1. The van der Waals surface area contributed by atoms with Gasteiger partial charge in [-0.1, -0.05) is 6.07 Å². The van der Waals surface area contributed by atoms with E-state index in [0.29, 0.717) is 13.2 Å². The van der Waals surface area contributed by atoms with Gasteiger partial charge in [0.2, 0.25) is 0 Å². The first-order valence-electron chi connectivity index (χ1n) is 6.65. The van der Waals surface area contributed by atoms with Gasteiger partial charge in [0.05, 0.1) is 25.3 Å². The summed E-state index contributed by atoms with van der Waals surface area (Å²) in [5, 5.41) is 0. The molecule has 5 nitrogen and oxygen atoms in total. The molecule has 0 radical (unpaired) electrons. The van der Waals surface area contributed by atoms with E-state index in [1.165, 1.54) is 0 Å². The van der Waals surface area contributed by atoms with Crippen LogP contribution in [0.25, 0.3) is 0 Å². The van der Waals surface area contributed by atoms with Gasteiger partial charge in [-0.05, 0) is 32.4 Å². The molecular formula is C15H21NO4. The Balaban J connectivity index is 2.00. The van der Waals surface area contributed by atoms with E-state index in [9.17, 15) is 4.79 Å². The first-order chi connectivity index (χ1) is 9.35. The van der Waals surface area contributed by atoms with E-state index < -0.39 is 11.2 Å². The maximum atomic E-state index is 11.7. The number of rotatable bonds is 4. The fourth-order valence-corrected chi connectivity index (χ4v) is 2.00. The highest BCUT2D eigenvalue weighted by molar-refractivity contribution is 5.72. The summed E-state index contributed by atoms with van der Waals surface area (Å²) in [6.45, 7) is 6.59. The van der Waals surface area contributed by atoms with Crippen molar-refractivity contribution in [3.8, 4) is 0 Å². The van der Waals surface area contributed by atoms with E-state index in [1.807, 2.05) is 32.9 Å². The molecule has 1 saturated heterocycles. The summed E-state index contributed by atoms with van der Waals surface area (Å²) in [6, 6.07) is 3.76. The normalized spacial score (nSPS) is 17.4. The number of nitrogens with zero attached hydrogens (tertiary/aromatic N) is 1. The van der Waals surface area contributed by atoms with E-state index in [4.69, 9.17) is 14.2 Å². The second-order valence-corrected chi connectivity index (χ2v) is 6.01. The molecule has 2 rings (SSSR count). The molecule has 20 heavy (non-hydrogen) atoms. The molecule has 1 aliphatic heterocycles. The molecule has 1 aromatic heterocycles. The van der Waals surface area contributed by atoms with Gasteiger partial charge >= 0.3 is 5.97 Å². The first-order valence-corrected chi connectivity index (χ1v) is 6.65. The summed E-state index contributed by atoms with van der Waals surface area (Å²) in [7, 11) is 1.65. The smallest absolute Gasteiger partial charge is 0.310 e. The number of hydrogen-bond acceptors (Lipinski definition) is 5. The number of carbonyl (C=O) groups excluding carboxylic acids is 1. The van der Waals surface area contributed by atoms with E-state index >= 15 is 0 Å². The molecular weight excluding hydrogens is 258 g/mol. The van der Waals surface area contributed by atoms with Crippen molar-refractivity contribution in [2.45, 2.75) is 38.4 Å². The average Bonchev–Trinajstić information content (AvgIpc) is 2.28. The van der Waals surface area contributed by atoms with Crippen LogP contribution in [0, 0.1) is 0 Å². The maximum Gasteiger partial charge on any atom is 0.310 e. The van der Waals surface area contributed by atoms with E-state index in [2.05, 4.69) is 4.98 Å². The average molecular weight is 279 g/mol. The van der Waals surface area contributed by atoms with Crippen molar-refractivity contribution in [1.29, 1.82) is 0 Å². The lowest BCUT2D eigenvalue weighted by atomic mass is 9.96. The van der Waals surface area contributed by atoms with Crippen LogP contribution < -0.4 is 0 Å². The van der Waals surface area contributed by atoms with Crippen molar-refractivity contribution in [1.82, 2.24) is 4.98 Å². The highest BCUT2D eigenvalue weighted by Gasteiger charge is 2.41. The molecule has 1 aromatic rings. The number of pyridine rings is 1. The molecule has 0 atom stereocenters. The summed E-state index contributed by atoms with van der Waals surface area (Å²) in [6.07, 6.45) is 1.92. The third-order valence-corrected chi connectivity index (χ3v) is 3.12. The van der Waals surface area contributed by atoms with Crippen molar-refractivity contribution in [2.24, 2.45) is 0 Å². The van der Waals surface area contributed by atoms with Crippen LogP contribution >= 0.6 is 0 Å². The lowest BCUT2D eigenvalue weighted by Crippen LogP contribution is -2.48. The van der Waals surface area contributed by atoms with Crippen molar-refractivity contribution in [3.05, 3.63) is 29.6 Å². The molecule has 0 unspecified atom stereocenters. The van der Waals surface area contributed by atoms with Gasteiger partial charge in [-0.2, -0.15) is 0 Å². The number of hydrogen-bond donors (Lipinski definition) is 0. The van der Waals surface area contributed by atoms with E-state index in [1.54, 1.807) is 13.3 Å². The van der Waals surface area contributed by atoms with Crippen LogP contribution in [0.4, 0.5) is 0 Å². The fraction of sp³-hybridized carbons (Fsp3) is 0.600. The van der Waals surface area contributed by atoms with Gasteiger partial charge in [-0.3, -0.25) is 9.78 Å². The predicted octanol–water partition coefficient (Wildman–Crippen LogP) is 1.84. The second-order valence-electron chi connectivity index (χ2n) is 6.01. The molecule has 0 spiro atoms. The van der Waals surface area contributed by atoms with Gasteiger partial charge in [-0.15, -0.1) is 0 Å².